The summed E-state index contributed by atoms with van der Waals surface area (Å²) in [6, 6.07) is 8.16. The van der Waals surface area contributed by atoms with Gasteiger partial charge >= 0.3 is 0 Å². The molecular formula is C14H13ClN2O2. The molecular weight excluding hydrogens is 264 g/mol. The third kappa shape index (κ3) is 3.69. The standard InChI is InChI=1S/C14H13ClN2O2/c1-9-2-4-11(8-16-9)17-14(19)6-10-3-5-12(18)7-13(10)15/h2-5,7-8,18H,6H2,1H3,(H,17,19). The minimum Gasteiger partial charge on any atom is -0.508 e. The van der Waals surface area contributed by atoms with E-state index in [4.69, 9.17) is 11.6 Å². The number of benzene rings is 1. The molecule has 0 aliphatic heterocycles. The maximum atomic E-state index is 11.8. The topological polar surface area (TPSA) is 62.2 Å². The lowest BCUT2D eigenvalue weighted by Gasteiger charge is -2.07. The van der Waals surface area contributed by atoms with Crippen molar-refractivity contribution in [3.05, 3.63) is 52.8 Å². The molecule has 98 valence electrons. The normalized spacial score (nSPS) is 10.2. The van der Waals surface area contributed by atoms with Gasteiger partial charge in [-0.3, -0.25) is 9.78 Å². The number of carbonyl (C=O) groups is 1. The molecule has 2 rings (SSSR count). The van der Waals surface area contributed by atoms with Crippen LogP contribution in [0.3, 0.4) is 0 Å². The summed E-state index contributed by atoms with van der Waals surface area (Å²) in [5, 5.41) is 12.3. The maximum Gasteiger partial charge on any atom is 0.228 e. The zero-order chi connectivity index (χ0) is 13.8. The van der Waals surface area contributed by atoms with Gasteiger partial charge in [-0.2, -0.15) is 0 Å². The molecule has 0 aliphatic carbocycles. The van der Waals surface area contributed by atoms with Gasteiger partial charge in [0.2, 0.25) is 5.91 Å². The highest BCUT2D eigenvalue weighted by molar-refractivity contribution is 6.31. The van der Waals surface area contributed by atoms with Gasteiger partial charge in [0.1, 0.15) is 5.75 Å². The molecule has 0 atom stereocenters. The van der Waals surface area contributed by atoms with Gasteiger partial charge in [0.25, 0.3) is 0 Å². The molecule has 0 saturated carbocycles. The highest BCUT2D eigenvalue weighted by Crippen LogP contribution is 2.22. The number of phenols is 1. The summed E-state index contributed by atoms with van der Waals surface area (Å²) in [7, 11) is 0. The van der Waals surface area contributed by atoms with Crippen molar-refractivity contribution in [2.24, 2.45) is 0 Å². The fourth-order valence-electron chi connectivity index (χ4n) is 1.60. The Hall–Kier alpha value is -2.07. The number of nitrogens with one attached hydrogen (secondary N) is 1. The molecule has 1 aromatic carbocycles. The minimum absolute atomic E-state index is 0.0805. The van der Waals surface area contributed by atoms with Crippen molar-refractivity contribution >= 4 is 23.2 Å². The molecule has 0 radical (unpaired) electrons. The zero-order valence-electron chi connectivity index (χ0n) is 10.4. The van der Waals surface area contributed by atoms with E-state index in [1.165, 1.54) is 12.1 Å². The van der Waals surface area contributed by atoms with Crippen LogP contribution in [-0.4, -0.2) is 16.0 Å². The van der Waals surface area contributed by atoms with Crippen LogP contribution in [0.5, 0.6) is 5.75 Å². The number of aryl methyl sites for hydroxylation is 1. The first-order valence-corrected chi connectivity index (χ1v) is 6.12. The highest BCUT2D eigenvalue weighted by Gasteiger charge is 2.08. The van der Waals surface area contributed by atoms with E-state index in [9.17, 15) is 9.90 Å². The van der Waals surface area contributed by atoms with Crippen molar-refractivity contribution < 1.29 is 9.90 Å². The van der Waals surface area contributed by atoms with E-state index >= 15 is 0 Å². The molecule has 0 saturated heterocycles. The number of anilines is 1. The van der Waals surface area contributed by atoms with Crippen LogP contribution in [0, 0.1) is 6.92 Å². The predicted molar refractivity (Wildman–Crippen MR) is 74.4 cm³/mol. The molecule has 0 spiro atoms. The number of pyridine rings is 1. The summed E-state index contributed by atoms with van der Waals surface area (Å²) in [5.74, 6) is -0.102. The Balaban J connectivity index is 2.03. The number of rotatable bonds is 3. The first-order chi connectivity index (χ1) is 9.04. The van der Waals surface area contributed by atoms with E-state index in [1.54, 1.807) is 18.3 Å². The van der Waals surface area contributed by atoms with E-state index in [0.717, 1.165) is 5.69 Å². The van der Waals surface area contributed by atoms with Crippen LogP contribution in [0.25, 0.3) is 0 Å². The van der Waals surface area contributed by atoms with Gasteiger partial charge in [0.05, 0.1) is 18.3 Å². The van der Waals surface area contributed by atoms with Gasteiger partial charge in [-0.15, -0.1) is 0 Å². The maximum absolute atomic E-state index is 11.8. The molecule has 19 heavy (non-hydrogen) atoms. The minimum atomic E-state index is -0.182. The van der Waals surface area contributed by atoms with Gasteiger partial charge in [-0.1, -0.05) is 17.7 Å². The SMILES string of the molecule is Cc1ccc(NC(=O)Cc2ccc(O)cc2Cl)cn1. The number of amides is 1. The molecule has 1 aromatic heterocycles. The Kier molecular flexibility index (Phi) is 4.02. The number of carbonyl (C=O) groups excluding carboxylic acids is 1. The quantitative estimate of drug-likeness (QED) is 0.906. The Morgan fingerprint density at radius 3 is 2.79 bits per heavy atom. The predicted octanol–water partition coefficient (Wildman–Crippen LogP) is 2.93. The van der Waals surface area contributed by atoms with Crippen LogP contribution >= 0.6 is 11.6 Å². The molecule has 0 bridgehead atoms. The van der Waals surface area contributed by atoms with Crippen LogP contribution in [0.1, 0.15) is 11.3 Å². The van der Waals surface area contributed by atoms with Crippen LogP contribution in [0.4, 0.5) is 5.69 Å². The van der Waals surface area contributed by atoms with E-state index in [2.05, 4.69) is 10.3 Å². The molecule has 1 heterocycles. The van der Waals surface area contributed by atoms with Crippen molar-refractivity contribution in [2.45, 2.75) is 13.3 Å². The number of aromatic hydroxyl groups is 1. The van der Waals surface area contributed by atoms with Crippen LogP contribution in [-0.2, 0) is 11.2 Å². The Bertz CT molecular complexity index is 597. The van der Waals surface area contributed by atoms with E-state index in [0.29, 0.717) is 16.3 Å². The molecule has 1 amide bonds. The third-order valence-corrected chi connectivity index (χ3v) is 2.93. The van der Waals surface area contributed by atoms with Gasteiger partial charge in [0, 0.05) is 10.7 Å². The Morgan fingerprint density at radius 1 is 1.37 bits per heavy atom. The van der Waals surface area contributed by atoms with Gasteiger partial charge in [-0.05, 0) is 36.8 Å². The van der Waals surface area contributed by atoms with Crippen molar-refractivity contribution in [2.75, 3.05) is 5.32 Å². The summed E-state index contributed by atoms with van der Waals surface area (Å²) in [6.45, 7) is 1.88. The Labute approximate surface area is 116 Å². The van der Waals surface area contributed by atoms with Crippen LogP contribution in [0.15, 0.2) is 36.5 Å². The fourth-order valence-corrected chi connectivity index (χ4v) is 1.84. The molecule has 4 nitrogen and oxygen atoms in total. The van der Waals surface area contributed by atoms with Crippen molar-refractivity contribution in [3.8, 4) is 5.75 Å². The second kappa shape index (κ2) is 5.71. The lowest BCUT2D eigenvalue weighted by molar-refractivity contribution is -0.115. The fraction of sp³-hybridized carbons (Fsp3) is 0.143. The summed E-state index contributed by atoms with van der Waals surface area (Å²) < 4.78 is 0. The second-order valence-corrected chi connectivity index (χ2v) is 4.60. The van der Waals surface area contributed by atoms with Gasteiger partial charge in [0.15, 0.2) is 0 Å². The Morgan fingerprint density at radius 2 is 2.16 bits per heavy atom. The van der Waals surface area contributed by atoms with Crippen LogP contribution in [0.2, 0.25) is 5.02 Å². The van der Waals surface area contributed by atoms with Crippen molar-refractivity contribution in [1.29, 1.82) is 0 Å². The lowest BCUT2D eigenvalue weighted by atomic mass is 10.1. The number of hydrogen-bond donors (Lipinski definition) is 2. The molecule has 2 N–H and O–H groups in total. The monoisotopic (exact) mass is 276 g/mol. The van der Waals surface area contributed by atoms with E-state index in [1.807, 2.05) is 13.0 Å². The third-order valence-electron chi connectivity index (χ3n) is 2.58. The smallest absolute Gasteiger partial charge is 0.228 e. The molecule has 0 aliphatic rings. The van der Waals surface area contributed by atoms with E-state index < -0.39 is 0 Å². The van der Waals surface area contributed by atoms with Crippen molar-refractivity contribution in [1.82, 2.24) is 4.98 Å². The van der Waals surface area contributed by atoms with Crippen molar-refractivity contribution in [3.63, 3.8) is 0 Å². The summed E-state index contributed by atoms with van der Waals surface area (Å²) >= 11 is 5.95. The first kappa shape index (κ1) is 13.4. The lowest BCUT2D eigenvalue weighted by Crippen LogP contribution is -2.14. The first-order valence-electron chi connectivity index (χ1n) is 5.74. The number of aromatic nitrogens is 1. The van der Waals surface area contributed by atoms with Gasteiger partial charge < -0.3 is 10.4 Å². The largest absolute Gasteiger partial charge is 0.508 e. The second-order valence-electron chi connectivity index (χ2n) is 4.19. The average molecular weight is 277 g/mol. The average Bonchev–Trinajstić information content (AvgIpc) is 2.36. The summed E-state index contributed by atoms with van der Waals surface area (Å²) in [6.07, 6.45) is 1.75. The highest BCUT2D eigenvalue weighted by atomic mass is 35.5. The summed E-state index contributed by atoms with van der Waals surface area (Å²) in [5.41, 5.74) is 2.20. The molecule has 2 aromatic rings. The number of phenolic OH excluding ortho intramolecular Hbond substituents is 1. The number of halogens is 1. The number of hydrogen-bond acceptors (Lipinski definition) is 3. The number of nitrogens with zero attached hydrogens (tertiary/aromatic N) is 1. The van der Waals surface area contributed by atoms with Crippen LogP contribution < -0.4 is 5.32 Å². The van der Waals surface area contributed by atoms with Gasteiger partial charge in [-0.25, -0.2) is 0 Å². The zero-order valence-corrected chi connectivity index (χ0v) is 11.1. The molecule has 5 heteroatoms. The molecule has 0 unspecified atom stereocenters. The molecule has 0 fully saturated rings. The summed E-state index contributed by atoms with van der Waals surface area (Å²) in [4.78, 5) is 15.9. The van der Waals surface area contributed by atoms with E-state index in [-0.39, 0.29) is 18.1 Å².